The predicted octanol–water partition coefficient (Wildman–Crippen LogP) is 1.63. The van der Waals surface area contributed by atoms with E-state index >= 15 is 0 Å². The van der Waals surface area contributed by atoms with E-state index in [1.807, 2.05) is 0 Å². The number of ether oxygens (including phenoxy) is 3. The van der Waals surface area contributed by atoms with Crippen LogP contribution in [0.5, 0.6) is 11.5 Å². The SMILES string of the molecule is O=C(COC(=O)/C=C/c1ccc([N+](=O)[O-])cc1)NC(=O)[C@@H]1COc2ccccc2O1. The van der Waals surface area contributed by atoms with Crippen LogP contribution in [0.2, 0.25) is 0 Å². The minimum Gasteiger partial charge on any atom is -0.485 e. The molecule has 0 fully saturated rings. The first-order chi connectivity index (χ1) is 14.4. The Morgan fingerprint density at radius 2 is 1.83 bits per heavy atom. The van der Waals surface area contributed by atoms with Gasteiger partial charge < -0.3 is 14.2 Å². The lowest BCUT2D eigenvalue weighted by atomic mass is 10.2. The van der Waals surface area contributed by atoms with Crippen LogP contribution in [0.25, 0.3) is 6.08 Å². The molecule has 2 aromatic carbocycles. The molecule has 0 aliphatic carbocycles. The van der Waals surface area contributed by atoms with Crippen molar-refractivity contribution in [2.45, 2.75) is 6.10 Å². The fraction of sp³-hybridized carbons (Fsp3) is 0.150. The fourth-order valence-electron chi connectivity index (χ4n) is 2.46. The Balaban J connectivity index is 1.43. The lowest BCUT2D eigenvalue weighted by molar-refractivity contribution is -0.384. The van der Waals surface area contributed by atoms with E-state index in [1.165, 1.54) is 30.3 Å². The number of carbonyl (C=O) groups is 3. The van der Waals surface area contributed by atoms with Crippen LogP contribution in [0.3, 0.4) is 0 Å². The minimum absolute atomic E-state index is 0.0616. The standard InChI is InChI=1S/C20H16N2O8/c23-18(21-20(25)17-11-28-15-3-1-2-4-16(15)30-17)12-29-19(24)10-7-13-5-8-14(9-6-13)22(26)27/h1-10,17H,11-12H2,(H,21,23,25)/b10-7+/t17-/m0/s1. The Morgan fingerprint density at radius 1 is 1.13 bits per heavy atom. The molecule has 0 unspecified atom stereocenters. The predicted molar refractivity (Wildman–Crippen MR) is 103 cm³/mol. The van der Waals surface area contributed by atoms with Gasteiger partial charge in [0, 0.05) is 18.2 Å². The molecule has 0 bridgehead atoms. The van der Waals surface area contributed by atoms with Crippen LogP contribution >= 0.6 is 0 Å². The largest absolute Gasteiger partial charge is 0.485 e. The number of rotatable bonds is 6. The van der Waals surface area contributed by atoms with Crippen LogP contribution in [0, 0.1) is 10.1 Å². The molecular weight excluding hydrogens is 396 g/mol. The van der Waals surface area contributed by atoms with Gasteiger partial charge >= 0.3 is 5.97 Å². The van der Waals surface area contributed by atoms with Gasteiger partial charge in [-0.1, -0.05) is 12.1 Å². The van der Waals surface area contributed by atoms with Gasteiger partial charge in [0.1, 0.15) is 6.61 Å². The van der Waals surface area contributed by atoms with E-state index in [0.717, 1.165) is 6.08 Å². The van der Waals surface area contributed by atoms with Gasteiger partial charge in [-0.25, -0.2) is 4.79 Å². The summed E-state index contributed by atoms with van der Waals surface area (Å²) >= 11 is 0. The third-order valence-corrected chi connectivity index (χ3v) is 3.92. The number of nitrogens with one attached hydrogen (secondary N) is 1. The average Bonchev–Trinajstić information content (AvgIpc) is 2.76. The summed E-state index contributed by atoms with van der Waals surface area (Å²) in [5.41, 5.74) is 0.457. The zero-order valence-corrected chi connectivity index (χ0v) is 15.5. The summed E-state index contributed by atoms with van der Waals surface area (Å²) in [5, 5.41) is 12.7. The molecule has 1 aliphatic heterocycles. The van der Waals surface area contributed by atoms with E-state index in [1.54, 1.807) is 24.3 Å². The monoisotopic (exact) mass is 412 g/mol. The summed E-state index contributed by atoms with van der Waals surface area (Å²) in [5.74, 6) is -1.46. The van der Waals surface area contributed by atoms with Gasteiger partial charge in [-0.3, -0.25) is 25.0 Å². The van der Waals surface area contributed by atoms with Crippen molar-refractivity contribution in [1.82, 2.24) is 5.32 Å². The summed E-state index contributed by atoms with van der Waals surface area (Å²) in [4.78, 5) is 45.7. The topological polar surface area (TPSA) is 134 Å². The van der Waals surface area contributed by atoms with Crippen LogP contribution in [0.4, 0.5) is 5.69 Å². The normalized spacial score (nSPS) is 14.7. The highest BCUT2D eigenvalue weighted by atomic mass is 16.6. The van der Waals surface area contributed by atoms with Crippen molar-refractivity contribution in [3.63, 3.8) is 0 Å². The maximum atomic E-state index is 12.1. The molecule has 2 amide bonds. The molecule has 10 heteroatoms. The number of imide groups is 1. The molecule has 30 heavy (non-hydrogen) atoms. The maximum absolute atomic E-state index is 12.1. The zero-order chi connectivity index (χ0) is 21.5. The molecule has 0 saturated heterocycles. The molecule has 0 aromatic heterocycles. The van der Waals surface area contributed by atoms with Crippen molar-refractivity contribution < 1.29 is 33.5 Å². The first kappa shape index (κ1) is 20.5. The molecule has 10 nitrogen and oxygen atoms in total. The molecule has 1 aliphatic rings. The van der Waals surface area contributed by atoms with Crippen molar-refractivity contribution in [2.75, 3.05) is 13.2 Å². The summed E-state index contributed by atoms with van der Waals surface area (Å²) in [6.45, 7) is -0.729. The van der Waals surface area contributed by atoms with Gasteiger partial charge in [-0.15, -0.1) is 0 Å². The summed E-state index contributed by atoms with van der Waals surface area (Å²) in [7, 11) is 0. The van der Waals surface area contributed by atoms with Gasteiger partial charge in [-0.2, -0.15) is 0 Å². The number of fused-ring (bicyclic) bond motifs is 1. The summed E-state index contributed by atoms with van der Waals surface area (Å²) in [6, 6.07) is 12.3. The highest BCUT2D eigenvalue weighted by Gasteiger charge is 2.28. The third kappa shape index (κ3) is 5.41. The van der Waals surface area contributed by atoms with Crippen molar-refractivity contribution in [3.05, 3.63) is 70.3 Å². The van der Waals surface area contributed by atoms with E-state index in [4.69, 9.17) is 14.2 Å². The third-order valence-electron chi connectivity index (χ3n) is 3.92. The van der Waals surface area contributed by atoms with E-state index in [-0.39, 0.29) is 12.3 Å². The van der Waals surface area contributed by atoms with Crippen LogP contribution < -0.4 is 14.8 Å². The van der Waals surface area contributed by atoms with E-state index < -0.39 is 35.4 Å². The Kier molecular flexibility index (Phi) is 6.38. The number of nitro benzene ring substituents is 1. The average molecular weight is 412 g/mol. The molecule has 3 rings (SSSR count). The second-order valence-electron chi connectivity index (χ2n) is 6.07. The number of non-ortho nitro benzene ring substituents is 1. The van der Waals surface area contributed by atoms with Gasteiger partial charge in [0.25, 0.3) is 17.5 Å². The number of esters is 1. The highest BCUT2D eigenvalue weighted by molar-refractivity contribution is 5.99. The van der Waals surface area contributed by atoms with Crippen LogP contribution in [0.1, 0.15) is 5.56 Å². The lowest BCUT2D eigenvalue weighted by Crippen LogP contribution is -2.47. The number of para-hydroxylation sites is 2. The van der Waals surface area contributed by atoms with Gasteiger partial charge in [0.2, 0.25) is 6.10 Å². The van der Waals surface area contributed by atoms with Crippen molar-refractivity contribution in [3.8, 4) is 11.5 Å². The number of carbonyl (C=O) groups excluding carboxylic acids is 3. The van der Waals surface area contributed by atoms with Crippen LogP contribution in [-0.4, -0.2) is 42.0 Å². The number of amides is 2. The van der Waals surface area contributed by atoms with E-state index in [0.29, 0.717) is 17.1 Å². The van der Waals surface area contributed by atoms with E-state index in [9.17, 15) is 24.5 Å². The number of hydrogen-bond acceptors (Lipinski definition) is 8. The second kappa shape index (κ2) is 9.32. The van der Waals surface area contributed by atoms with Gasteiger partial charge in [-0.05, 0) is 35.9 Å². The second-order valence-corrected chi connectivity index (χ2v) is 6.07. The fourth-order valence-corrected chi connectivity index (χ4v) is 2.46. The first-order valence-electron chi connectivity index (χ1n) is 8.74. The first-order valence-corrected chi connectivity index (χ1v) is 8.74. The molecule has 154 valence electrons. The number of nitro groups is 1. The lowest BCUT2D eigenvalue weighted by Gasteiger charge is -2.25. The highest BCUT2D eigenvalue weighted by Crippen LogP contribution is 2.30. The summed E-state index contributed by atoms with van der Waals surface area (Å²) < 4.78 is 15.6. The van der Waals surface area contributed by atoms with Crippen molar-refractivity contribution in [1.29, 1.82) is 0 Å². The van der Waals surface area contributed by atoms with Crippen molar-refractivity contribution >= 4 is 29.5 Å². The molecule has 0 saturated carbocycles. The number of hydrogen-bond donors (Lipinski definition) is 1. The Hall–Kier alpha value is -4.21. The van der Waals surface area contributed by atoms with E-state index in [2.05, 4.69) is 5.32 Å². The number of benzene rings is 2. The van der Waals surface area contributed by atoms with Crippen LogP contribution in [0.15, 0.2) is 54.6 Å². The molecule has 0 spiro atoms. The Labute approximate surface area is 170 Å². The molecular formula is C20H16N2O8. The minimum atomic E-state index is -1.01. The zero-order valence-electron chi connectivity index (χ0n) is 15.5. The molecule has 1 atom stereocenters. The quantitative estimate of drug-likeness (QED) is 0.327. The van der Waals surface area contributed by atoms with Crippen molar-refractivity contribution in [2.24, 2.45) is 0 Å². The molecule has 2 aromatic rings. The van der Waals surface area contributed by atoms with Gasteiger partial charge in [0.05, 0.1) is 4.92 Å². The number of nitrogens with zero attached hydrogens (tertiary/aromatic N) is 1. The van der Waals surface area contributed by atoms with Crippen LogP contribution in [-0.2, 0) is 19.1 Å². The maximum Gasteiger partial charge on any atom is 0.331 e. The molecule has 1 N–H and O–H groups in total. The smallest absolute Gasteiger partial charge is 0.331 e. The Morgan fingerprint density at radius 3 is 2.53 bits per heavy atom. The molecule has 0 radical (unpaired) electrons. The summed E-state index contributed by atoms with van der Waals surface area (Å²) in [6.07, 6.45) is 1.42. The Bertz CT molecular complexity index is 1000. The van der Waals surface area contributed by atoms with Gasteiger partial charge in [0.15, 0.2) is 18.1 Å². The molecule has 1 heterocycles.